The summed E-state index contributed by atoms with van der Waals surface area (Å²) in [5.74, 6) is 0. The second kappa shape index (κ2) is 6.05. The van der Waals surface area contributed by atoms with Crippen molar-refractivity contribution in [2.75, 3.05) is 5.32 Å². The molecule has 0 spiro atoms. The summed E-state index contributed by atoms with van der Waals surface area (Å²) in [5.41, 5.74) is 2.59. The Hall–Kier alpha value is -1.28. The van der Waals surface area contributed by atoms with Gasteiger partial charge in [0.15, 0.2) is 0 Å². The lowest BCUT2D eigenvalue weighted by atomic mass is 10.1. The molecule has 96 valence electrons. The fourth-order valence-corrected chi connectivity index (χ4v) is 2.93. The van der Waals surface area contributed by atoms with Crippen LogP contribution in [0.3, 0.4) is 0 Å². The number of nitrogens with one attached hydrogen (secondary N) is 1. The number of anilines is 1. The van der Waals surface area contributed by atoms with Crippen LogP contribution in [0.1, 0.15) is 42.1 Å². The number of rotatable bonds is 5. The van der Waals surface area contributed by atoms with Crippen molar-refractivity contribution in [3.63, 3.8) is 0 Å². The van der Waals surface area contributed by atoms with Gasteiger partial charge in [0.2, 0.25) is 0 Å². The van der Waals surface area contributed by atoms with E-state index in [1.54, 1.807) is 0 Å². The van der Waals surface area contributed by atoms with Gasteiger partial charge in [0.1, 0.15) is 0 Å². The Bertz CT molecular complexity index is 484. The SMILES string of the molecule is CCc1ccc(NC(C)c2ccc(CC)s2)cc1. The van der Waals surface area contributed by atoms with Crippen LogP contribution in [0.25, 0.3) is 0 Å². The van der Waals surface area contributed by atoms with Gasteiger partial charge in [0.25, 0.3) is 0 Å². The van der Waals surface area contributed by atoms with Crippen LogP contribution >= 0.6 is 11.3 Å². The fraction of sp³-hybridized carbons (Fsp3) is 0.375. The van der Waals surface area contributed by atoms with Gasteiger partial charge in [0.05, 0.1) is 6.04 Å². The normalized spacial score (nSPS) is 12.4. The maximum Gasteiger partial charge on any atom is 0.0578 e. The van der Waals surface area contributed by atoms with Gasteiger partial charge < -0.3 is 5.32 Å². The topological polar surface area (TPSA) is 12.0 Å². The Morgan fingerprint density at radius 1 is 1.00 bits per heavy atom. The van der Waals surface area contributed by atoms with Gasteiger partial charge in [-0.15, -0.1) is 11.3 Å². The van der Waals surface area contributed by atoms with Crippen molar-refractivity contribution in [1.82, 2.24) is 0 Å². The van der Waals surface area contributed by atoms with E-state index in [-0.39, 0.29) is 0 Å². The smallest absolute Gasteiger partial charge is 0.0578 e. The molecule has 0 fully saturated rings. The molecule has 1 unspecified atom stereocenters. The third-order valence-corrected chi connectivity index (χ3v) is 4.62. The van der Waals surface area contributed by atoms with E-state index in [4.69, 9.17) is 0 Å². The Morgan fingerprint density at radius 2 is 1.72 bits per heavy atom. The molecule has 2 heteroatoms. The highest BCUT2D eigenvalue weighted by Gasteiger charge is 2.07. The first-order valence-corrected chi connectivity index (χ1v) is 7.48. The van der Waals surface area contributed by atoms with Gasteiger partial charge in [-0.05, 0) is 49.6 Å². The zero-order chi connectivity index (χ0) is 13.0. The summed E-state index contributed by atoms with van der Waals surface area (Å²) in [5, 5.41) is 3.56. The minimum absolute atomic E-state index is 0.378. The molecule has 18 heavy (non-hydrogen) atoms. The highest BCUT2D eigenvalue weighted by atomic mass is 32.1. The van der Waals surface area contributed by atoms with E-state index in [2.05, 4.69) is 62.5 Å². The van der Waals surface area contributed by atoms with E-state index >= 15 is 0 Å². The lowest BCUT2D eigenvalue weighted by molar-refractivity contribution is 0.907. The fourth-order valence-electron chi connectivity index (χ4n) is 1.98. The average molecular weight is 259 g/mol. The molecular weight excluding hydrogens is 238 g/mol. The van der Waals surface area contributed by atoms with E-state index < -0.39 is 0 Å². The van der Waals surface area contributed by atoms with Crippen LogP contribution < -0.4 is 5.32 Å². The van der Waals surface area contributed by atoms with Gasteiger partial charge in [-0.25, -0.2) is 0 Å². The molecule has 1 heterocycles. The third kappa shape index (κ3) is 3.14. The molecule has 1 nitrogen and oxygen atoms in total. The van der Waals surface area contributed by atoms with Gasteiger partial charge in [-0.1, -0.05) is 26.0 Å². The molecular formula is C16H21NS. The van der Waals surface area contributed by atoms with Crippen LogP contribution in [-0.2, 0) is 12.8 Å². The maximum atomic E-state index is 3.56. The summed E-state index contributed by atoms with van der Waals surface area (Å²) in [4.78, 5) is 2.87. The predicted molar refractivity (Wildman–Crippen MR) is 81.6 cm³/mol. The molecule has 0 saturated heterocycles. The molecule has 0 saturated carbocycles. The van der Waals surface area contributed by atoms with Crippen LogP contribution in [0.4, 0.5) is 5.69 Å². The Kier molecular flexibility index (Phi) is 4.43. The number of thiophene rings is 1. The summed E-state index contributed by atoms with van der Waals surface area (Å²) in [6.45, 7) is 6.61. The molecule has 1 atom stereocenters. The van der Waals surface area contributed by atoms with Crippen LogP contribution in [0.2, 0.25) is 0 Å². The lowest BCUT2D eigenvalue weighted by Crippen LogP contribution is -2.04. The summed E-state index contributed by atoms with van der Waals surface area (Å²) in [6, 6.07) is 13.6. The number of aryl methyl sites for hydroxylation is 2. The van der Waals surface area contributed by atoms with Crippen LogP contribution in [-0.4, -0.2) is 0 Å². The molecule has 0 radical (unpaired) electrons. The Labute approximate surface area is 114 Å². The molecule has 1 aromatic heterocycles. The lowest BCUT2D eigenvalue weighted by Gasteiger charge is -2.14. The zero-order valence-electron chi connectivity index (χ0n) is 11.4. The van der Waals surface area contributed by atoms with E-state index in [0.717, 1.165) is 12.8 Å². The van der Waals surface area contributed by atoms with Crippen molar-refractivity contribution in [2.24, 2.45) is 0 Å². The molecule has 0 bridgehead atoms. The largest absolute Gasteiger partial charge is 0.378 e. The number of hydrogen-bond acceptors (Lipinski definition) is 2. The molecule has 0 amide bonds. The van der Waals surface area contributed by atoms with Gasteiger partial charge in [-0.2, -0.15) is 0 Å². The van der Waals surface area contributed by atoms with Crippen molar-refractivity contribution in [3.8, 4) is 0 Å². The standard InChI is InChI=1S/C16H21NS/c1-4-13-6-8-14(9-7-13)17-12(3)16-11-10-15(5-2)18-16/h6-12,17H,4-5H2,1-3H3. The molecule has 2 rings (SSSR count). The first kappa shape index (κ1) is 13.2. The quantitative estimate of drug-likeness (QED) is 0.792. The summed E-state index contributed by atoms with van der Waals surface area (Å²) >= 11 is 1.91. The minimum atomic E-state index is 0.378. The second-order valence-electron chi connectivity index (χ2n) is 4.57. The first-order chi connectivity index (χ1) is 8.72. The van der Waals surface area contributed by atoms with Crippen molar-refractivity contribution in [1.29, 1.82) is 0 Å². The van der Waals surface area contributed by atoms with Gasteiger partial charge in [0, 0.05) is 15.4 Å². The van der Waals surface area contributed by atoms with E-state index in [9.17, 15) is 0 Å². The minimum Gasteiger partial charge on any atom is -0.378 e. The Balaban J connectivity index is 2.03. The summed E-state index contributed by atoms with van der Waals surface area (Å²) in [7, 11) is 0. The molecule has 0 aliphatic rings. The highest BCUT2D eigenvalue weighted by Crippen LogP contribution is 2.26. The Morgan fingerprint density at radius 3 is 2.28 bits per heavy atom. The maximum absolute atomic E-state index is 3.56. The molecule has 1 aromatic carbocycles. The van der Waals surface area contributed by atoms with Crippen molar-refractivity contribution in [3.05, 3.63) is 51.7 Å². The van der Waals surface area contributed by atoms with Crippen LogP contribution in [0, 0.1) is 0 Å². The molecule has 0 aliphatic carbocycles. The molecule has 2 aromatic rings. The van der Waals surface area contributed by atoms with Crippen molar-refractivity contribution in [2.45, 2.75) is 39.7 Å². The number of hydrogen-bond donors (Lipinski definition) is 1. The second-order valence-corrected chi connectivity index (χ2v) is 5.77. The van der Waals surface area contributed by atoms with Crippen LogP contribution in [0.15, 0.2) is 36.4 Å². The van der Waals surface area contributed by atoms with E-state index in [1.807, 2.05) is 11.3 Å². The highest BCUT2D eigenvalue weighted by molar-refractivity contribution is 7.12. The number of benzene rings is 1. The van der Waals surface area contributed by atoms with E-state index in [1.165, 1.54) is 21.0 Å². The monoisotopic (exact) mass is 259 g/mol. The first-order valence-electron chi connectivity index (χ1n) is 6.67. The predicted octanol–water partition coefficient (Wildman–Crippen LogP) is 5.05. The van der Waals surface area contributed by atoms with Crippen molar-refractivity contribution >= 4 is 17.0 Å². The molecule has 0 aliphatic heterocycles. The average Bonchev–Trinajstić information content (AvgIpc) is 2.88. The summed E-state index contributed by atoms with van der Waals surface area (Å²) < 4.78 is 0. The zero-order valence-corrected chi connectivity index (χ0v) is 12.2. The van der Waals surface area contributed by atoms with E-state index in [0.29, 0.717) is 6.04 Å². The van der Waals surface area contributed by atoms with Crippen molar-refractivity contribution < 1.29 is 0 Å². The molecule has 1 N–H and O–H groups in total. The summed E-state index contributed by atoms with van der Waals surface area (Å²) in [6.07, 6.45) is 2.23. The van der Waals surface area contributed by atoms with Gasteiger partial charge in [-0.3, -0.25) is 0 Å². The third-order valence-electron chi connectivity index (χ3n) is 3.20. The van der Waals surface area contributed by atoms with Crippen LogP contribution in [0.5, 0.6) is 0 Å². The van der Waals surface area contributed by atoms with Gasteiger partial charge >= 0.3 is 0 Å².